The van der Waals surface area contributed by atoms with Gasteiger partial charge in [-0.25, -0.2) is 13.2 Å². The fourth-order valence-corrected chi connectivity index (χ4v) is 5.75. The number of methoxy groups -OCH3 is 1. The van der Waals surface area contributed by atoms with Crippen molar-refractivity contribution in [1.29, 1.82) is 0 Å². The zero-order valence-electron chi connectivity index (χ0n) is 14.5. The first kappa shape index (κ1) is 19.0. The first-order chi connectivity index (χ1) is 12.5. The van der Waals surface area contributed by atoms with Gasteiger partial charge in [0, 0.05) is 38.6 Å². The highest BCUT2D eigenvalue weighted by molar-refractivity contribution is 7.89. The van der Waals surface area contributed by atoms with Crippen molar-refractivity contribution in [1.82, 2.24) is 14.2 Å². The van der Waals surface area contributed by atoms with Crippen LogP contribution in [-0.2, 0) is 21.3 Å². The van der Waals surface area contributed by atoms with Crippen molar-refractivity contribution in [3.63, 3.8) is 0 Å². The number of aromatic nitrogens is 1. The van der Waals surface area contributed by atoms with E-state index in [0.29, 0.717) is 19.6 Å². The van der Waals surface area contributed by atoms with Crippen LogP contribution in [0.2, 0.25) is 0 Å². The Kier molecular flexibility index (Phi) is 6.02. The van der Waals surface area contributed by atoms with Gasteiger partial charge in [0.1, 0.15) is 9.77 Å². The average molecular weight is 396 g/mol. The molecule has 3 rings (SSSR count). The number of hydrogen-bond acceptors (Lipinski definition) is 7. The molecule has 0 atom stereocenters. The summed E-state index contributed by atoms with van der Waals surface area (Å²) in [5, 5.41) is 1.60. The summed E-state index contributed by atoms with van der Waals surface area (Å²) in [6.45, 7) is 3.05. The first-order valence-electron chi connectivity index (χ1n) is 8.29. The molecule has 140 valence electrons. The number of rotatable bonds is 5. The number of sulfonamides is 1. The Morgan fingerprint density at radius 2 is 1.96 bits per heavy atom. The number of nitrogens with zero attached hydrogens (tertiary/aromatic N) is 3. The Balaban J connectivity index is 1.72. The summed E-state index contributed by atoms with van der Waals surface area (Å²) in [4.78, 5) is 18.3. The average Bonchev–Trinajstić information content (AvgIpc) is 3.03. The maximum Gasteiger partial charge on any atom is 0.349 e. The predicted octanol–water partition coefficient (Wildman–Crippen LogP) is 1.83. The summed E-state index contributed by atoms with van der Waals surface area (Å²) in [6, 6.07) is 5.41. The molecule has 2 aromatic rings. The molecular formula is C17H21N3O4S2. The lowest BCUT2D eigenvalue weighted by Crippen LogP contribution is -2.35. The molecule has 0 N–H and O–H groups in total. The molecule has 0 aromatic carbocycles. The van der Waals surface area contributed by atoms with E-state index >= 15 is 0 Å². The van der Waals surface area contributed by atoms with Crippen molar-refractivity contribution in [2.75, 3.05) is 33.3 Å². The first-order valence-corrected chi connectivity index (χ1v) is 10.6. The minimum absolute atomic E-state index is 0.0388. The molecule has 3 heterocycles. The van der Waals surface area contributed by atoms with Crippen molar-refractivity contribution in [3.8, 4) is 0 Å². The third-order valence-corrected chi connectivity index (χ3v) is 7.29. The quantitative estimate of drug-likeness (QED) is 0.719. The summed E-state index contributed by atoms with van der Waals surface area (Å²) in [6.07, 6.45) is 4.26. The van der Waals surface area contributed by atoms with E-state index < -0.39 is 16.0 Å². The molecule has 0 unspecified atom stereocenters. The van der Waals surface area contributed by atoms with Crippen LogP contribution in [0, 0.1) is 0 Å². The van der Waals surface area contributed by atoms with Crippen LogP contribution in [-0.4, -0.2) is 61.9 Å². The van der Waals surface area contributed by atoms with Crippen LogP contribution < -0.4 is 0 Å². The molecule has 9 heteroatoms. The molecule has 1 aliphatic heterocycles. The van der Waals surface area contributed by atoms with Crippen LogP contribution in [0.1, 0.15) is 21.7 Å². The highest BCUT2D eigenvalue weighted by Crippen LogP contribution is 2.26. The maximum atomic E-state index is 13.0. The zero-order valence-corrected chi connectivity index (χ0v) is 16.1. The second-order valence-electron chi connectivity index (χ2n) is 5.99. The molecule has 7 nitrogen and oxygen atoms in total. The lowest BCUT2D eigenvalue weighted by molar-refractivity contribution is 0.0602. The molecule has 0 bridgehead atoms. The molecule has 26 heavy (non-hydrogen) atoms. The van der Waals surface area contributed by atoms with Crippen LogP contribution in [0.4, 0.5) is 0 Å². The number of carbonyl (C=O) groups is 1. The normalized spacial score (nSPS) is 17.0. The highest BCUT2D eigenvalue weighted by Gasteiger charge is 2.31. The van der Waals surface area contributed by atoms with Gasteiger partial charge in [-0.3, -0.25) is 9.88 Å². The van der Waals surface area contributed by atoms with Crippen molar-refractivity contribution in [3.05, 3.63) is 46.4 Å². The fraction of sp³-hybridized carbons (Fsp3) is 0.412. The van der Waals surface area contributed by atoms with Gasteiger partial charge in [-0.1, -0.05) is 0 Å². The van der Waals surface area contributed by atoms with E-state index in [9.17, 15) is 13.2 Å². The minimum atomic E-state index is -3.72. The minimum Gasteiger partial charge on any atom is -0.465 e. The van der Waals surface area contributed by atoms with Gasteiger partial charge in [0.2, 0.25) is 10.0 Å². The van der Waals surface area contributed by atoms with Gasteiger partial charge in [-0.2, -0.15) is 4.31 Å². The smallest absolute Gasteiger partial charge is 0.349 e. The van der Waals surface area contributed by atoms with E-state index in [0.717, 1.165) is 36.4 Å². The summed E-state index contributed by atoms with van der Waals surface area (Å²) < 4.78 is 32.2. The van der Waals surface area contributed by atoms with E-state index in [2.05, 4.69) is 9.88 Å². The van der Waals surface area contributed by atoms with Gasteiger partial charge in [-0.15, -0.1) is 11.3 Å². The number of ether oxygens (including phenoxy) is 1. The SMILES string of the molecule is COC(=O)c1sccc1S(=O)(=O)N1CCCN(Cc2ccncc2)CC1. The largest absolute Gasteiger partial charge is 0.465 e. The molecule has 0 amide bonds. The highest BCUT2D eigenvalue weighted by atomic mass is 32.2. The van der Waals surface area contributed by atoms with E-state index in [1.807, 2.05) is 12.1 Å². The Morgan fingerprint density at radius 1 is 1.19 bits per heavy atom. The van der Waals surface area contributed by atoms with Crippen LogP contribution in [0.5, 0.6) is 0 Å². The Morgan fingerprint density at radius 3 is 2.69 bits per heavy atom. The van der Waals surface area contributed by atoms with Crippen molar-refractivity contribution in [2.24, 2.45) is 0 Å². The molecule has 1 fully saturated rings. The Labute approximate surface area is 157 Å². The van der Waals surface area contributed by atoms with E-state index in [-0.39, 0.29) is 9.77 Å². The Hall–Kier alpha value is -1.81. The van der Waals surface area contributed by atoms with Gasteiger partial charge in [-0.05, 0) is 42.1 Å². The lowest BCUT2D eigenvalue weighted by Gasteiger charge is -2.21. The van der Waals surface area contributed by atoms with Crippen LogP contribution in [0.15, 0.2) is 40.9 Å². The summed E-state index contributed by atoms with van der Waals surface area (Å²) in [5.41, 5.74) is 1.15. The number of hydrogen-bond donors (Lipinski definition) is 0. The van der Waals surface area contributed by atoms with Crippen molar-refractivity contribution in [2.45, 2.75) is 17.9 Å². The van der Waals surface area contributed by atoms with E-state index in [1.54, 1.807) is 17.8 Å². The standard InChI is InChI=1S/C17H21N3O4S2/c1-24-17(21)16-15(5-12-25-16)26(22,23)20-9-2-8-19(10-11-20)13-14-3-6-18-7-4-14/h3-7,12H,2,8-11,13H2,1H3. The van der Waals surface area contributed by atoms with Gasteiger partial charge < -0.3 is 4.74 Å². The van der Waals surface area contributed by atoms with Crippen LogP contribution in [0.25, 0.3) is 0 Å². The number of thiophene rings is 1. The summed E-state index contributed by atoms with van der Waals surface area (Å²) in [5.74, 6) is -0.618. The topological polar surface area (TPSA) is 79.8 Å². The number of esters is 1. The molecule has 2 aromatic heterocycles. The monoisotopic (exact) mass is 395 g/mol. The molecule has 0 radical (unpaired) electrons. The summed E-state index contributed by atoms with van der Waals surface area (Å²) >= 11 is 1.08. The fourth-order valence-electron chi connectivity index (χ4n) is 2.97. The van der Waals surface area contributed by atoms with Crippen molar-refractivity contribution >= 4 is 27.3 Å². The Bertz CT molecular complexity index is 852. The molecule has 1 aliphatic rings. The lowest BCUT2D eigenvalue weighted by atomic mass is 10.2. The third-order valence-electron chi connectivity index (χ3n) is 4.32. The van der Waals surface area contributed by atoms with Gasteiger partial charge in [0.05, 0.1) is 7.11 Å². The predicted molar refractivity (Wildman–Crippen MR) is 98.5 cm³/mol. The summed E-state index contributed by atoms with van der Waals surface area (Å²) in [7, 11) is -2.47. The van der Waals surface area contributed by atoms with E-state index in [1.165, 1.54) is 17.5 Å². The number of carbonyl (C=O) groups excluding carboxylic acids is 1. The second-order valence-corrected chi connectivity index (χ2v) is 8.82. The molecule has 0 aliphatic carbocycles. The van der Waals surface area contributed by atoms with Crippen LogP contribution >= 0.6 is 11.3 Å². The third kappa shape index (κ3) is 4.12. The van der Waals surface area contributed by atoms with Gasteiger partial charge in [0.15, 0.2) is 0 Å². The second kappa shape index (κ2) is 8.26. The van der Waals surface area contributed by atoms with Gasteiger partial charge in [0.25, 0.3) is 0 Å². The van der Waals surface area contributed by atoms with E-state index in [4.69, 9.17) is 4.74 Å². The van der Waals surface area contributed by atoms with Crippen LogP contribution in [0.3, 0.4) is 0 Å². The molecule has 0 saturated carbocycles. The molecular weight excluding hydrogens is 374 g/mol. The molecule has 1 saturated heterocycles. The van der Waals surface area contributed by atoms with Crippen molar-refractivity contribution < 1.29 is 17.9 Å². The molecule has 0 spiro atoms. The maximum absolute atomic E-state index is 13.0. The zero-order chi connectivity index (χ0) is 18.6. The number of pyridine rings is 1. The van der Waals surface area contributed by atoms with Gasteiger partial charge >= 0.3 is 5.97 Å².